The highest BCUT2D eigenvalue weighted by molar-refractivity contribution is 5.56. The summed E-state index contributed by atoms with van der Waals surface area (Å²) in [5.74, 6) is 2.16. The van der Waals surface area contributed by atoms with E-state index < -0.39 is 5.60 Å². The summed E-state index contributed by atoms with van der Waals surface area (Å²) in [6.07, 6.45) is 6.07. The molecule has 1 aliphatic rings. The normalized spacial score (nSPS) is 15.0. The van der Waals surface area contributed by atoms with Crippen LogP contribution in [0.15, 0.2) is 42.7 Å². The first-order valence-electron chi connectivity index (χ1n) is 13.1. The van der Waals surface area contributed by atoms with Crippen LogP contribution in [0.5, 0.6) is 0 Å². The smallest absolute Gasteiger partial charge is 0.229 e. The van der Waals surface area contributed by atoms with Gasteiger partial charge in [-0.15, -0.1) is 0 Å². The molecule has 0 amide bonds. The molecule has 10 heteroatoms. The molecule has 4 aromatic rings. The third-order valence-electron chi connectivity index (χ3n) is 6.92. The molecule has 1 aliphatic heterocycles. The fourth-order valence-corrected chi connectivity index (χ4v) is 4.66. The van der Waals surface area contributed by atoms with E-state index in [9.17, 15) is 5.11 Å². The van der Waals surface area contributed by atoms with E-state index in [1.807, 2.05) is 36.7 Å². The molecule has 0 bridgehead atoms. The number of para-hydroxylation sites is 1. The monoisotopic (exact) mass is 503 g/mol. The summed E-state index contributed by atoms with van der Waals surface area (Å²) in [5, 5.41) is 29.9. The largest absolute Gasteiger partial charge is 0.384 e. The van der Waals surface area contributed by atoms with Crippen molar-refractivity contribution in [3.05, 3.63) is 59.5 Å². The molecule has 1 saturated heterocycles. The van der Waals surface area contributed by atoms with Crippen molar-refractivity contribution in [3.8, 4) is 5.69 Å². The maximum Gasteiger partial charge on any atom is 0.229 e. The Morgan fingerprint density at radius 1 is 1.11 bits per heavy atom. The fraction of sp³-hybridized carbons (Fsp3) is 0.481. The average molecular weight is 504 g/mol. The Kier molecular flexibility index (Phi) is 7.12. The molecular formula is C27H37N9O. The zero-order chi connectivity index (χ0) is 26.0. The van der Waals surface area contributed by atoms with Gasteiger partial charge in [0, 0.05) is 24.8 Å². The van der Waals surface area contributed by atoms with Crippen molar-refractivity contribution >= 4 is 17.5 Å². The molecule has 10 nitrogen and oxygen atoms in total. The third kappa shape index (κ3) is 5.60. The summed E-state index contributed by atoms with van der Waals surface area (Å²) in [4.78, 5) is 9.64. The minimum atomic E-state index is -1.00. The number of aromatic nitrogens is 6. The van der Waals surface area contributed by atoms with Crippen LogP contribution in [0.3, 0.4) is 0 Å². The lowest BCUT2D eigenvalue weighted by molar-refractivity contribution is 0.0734. The van der Waals surface area contributed by atoms with Crippen LogP contribution in [0.25, 0.3) is 11.3 Å². The van der Waals surface area contributed by atoms with Crippen molar-refractivity contribution in [2.75, 3.05) is 30.3 Å². The Morgan fingerprint density at radius 3 is 2.62 bits per heavy atom. The standard InChI is InChI=1S/C27H37N9O/c1-18(2)21-17-31-36-24(21)32-25(29-15-19-9-12-28-13-10-19)33-26(36)30-16-20-7-5-6-8-22(20)35-14-11-23(34-35)27(3,4)37/h5-8,11,14,17-19,28,37H,9-10,12-13,15-16H2,1-4H3,(H2,29,30,32,33). The van der Waals surface area contributed by atoms with Gasteiger partial charge in [-0.1, -0.05) is 32.0 Å². The van der Waals surface area contributed by atoms with E-state index in [0.717, 1.165) is 54.9 Å². The van der Waals surface area contributed by atoms with Crippen LogP contribution in [0.4, 0.5) is 11.9 Å². The molecule has 4 heterocycles. The van der Waals surface area contributed by atoms with Gasteiger partial charge < -0.3 is 21.1 Å². The molecule has 4 N–H and O–H groups in total. The van der Waals surface area contributed by atoms with Gasteiger partial charge in [0.05, 0.1) is 17.6 Å². The molecule has 0 saturated carbocycles. The first-order valence-corrected chi connectivity index (χ1v) is 13.1. The summed E-state index contributed by atoms with van der Waals surface area (Å²) in [7, 11) is 0. The van der Waals surface area contributed by atoms with Crippen LogP contribution in [0.2, 0.25) is 0 Å². The van der Waals surface area contributed by atoms with Gasteiger partial charge in [-0.3, -0.25) is 0 Å². The highest BCUT2D eigenvalue weighted by atomic mass is 16.3. The van der Waals surface area contributed by atoms with E-state index in [2.05, 4.69) is 46.1 Å². The molecule has 5 rings (SSSR count). The minimum Gasteiger partial charge on any atom is -0.384 e. The highest BCUT2D eigenvalue weighted by Crippen LogP contribution is 2.24. The van der Waals surface area contributed by atoms with E-state index in [-0.39, 0.29) is 0 Å². The zero-order valence-corrected chi connectivity index (χ0v) is 22.1. The zero-order valence-electron chi connectivity index (χ0n) is 22.1. The van der Waals surface area contributed by atoms with Gasteiger partial charge in [0.25, 0.3) is 0 Å². The maximum absolute atomic E-state index is 10.3. The summed E-state index contributed by atoms with van der Waals surface area (Å²) in [6, 6.07) is 9.91. The molecule has 0 unspecified atom stereocenters. The first-order chi connectivity index (χ1) is 17.8. The van der Waals surface area contributed by atoms with Gasteiger partial charge in [-0.05, 0) is 69.3 Å². The van der Waals surface area contributed by atoms with Crippen LogP contribution < -0.4 is 16.0 Å². The summed E-state index contributed by atoms with van der Waals surface area (Å²) >= 11 is 0. The van der Waals surface area contributed by atoms with Crippen LogP contribution in [0.1, 0.15) is 63.3 Å². The molecule has 1 aromatic carbocycles. The topological polar surface area (TPSA) is 117 Å². The Bertz CT molecular complexity index is 1350. The number of benzene rings is 1. The van der Waals surface area contributed by atoms with Crippen LogP contribution in [-0.4, -0.2) is 54.1 Å². The lowest BCUT2D eigenvalue weighted by atomic mass is 9.98. The molecule has 0 atom stereocenters. The van der Waals surface area contributed by atoms with Crippen molar-refractivity contribution in [1.29, 1.82) is 0 Å². The Balaban J connectivity index is 1.41. The second-order valence-electron chi connectivity index (χ2n) is 10.6. The van der Waals surface area contributed by atoms with Gasteiger partial charge in [-0.25, -0.2) is 4.68 Å². The number of piperidine rings is 1. The Morgan fingerprint density at radius 2 is 1.89 bits per heavy atom. The van der Waals surface area contributed by atoms with E-state index in [0.29, 0.717) is 36.0 Å². The number of rotatable bonds is 9. The molecule has 0 spiro atoms. The minimum absolute atomic E-state index is 0.294. The van der Waals surface area contributed by atoms with E-state index in [1.165, 1.54) is 0 Å². The van der Waals surface area contributed by atoms with Crippen molar-refractivity contribution in [2.45, 2.75) is 58.6 Å². The van der Waals surface area contributed by atoms with E-state index in [1.54, 1.807) is 23.0 Å². The number of fused-ring (bicyclic) bond motifs is 1. The summed E-state index contributed by atoms with van der Waals surface area (Å²) < 4.78 is 3.59. The number of hydrogen-bond donors (Lipinski definition) is 4. The number of anilines is 2. The van der Waals surface area contributed by atoms with Gasteiger partial charge in [0.15, 0.2) is 5.65 Å². The summed E-state index contributed by atoms with van der Waals surface area (Å²) in [6.45, 7) is 11.3. The first kappa shape index (κ1) is 25.2. The number of hydrogen-bond acceptors (Lipinski definition) is 8. The number of aliphatic hydroxyl groups is 1. The SMILES string of the molecule is CC(C)c1cnn2c(NCc3ccccc3-n3ccc(C(C)(C)O)n3)nc(NCC3CCNCC3)nc12. The lowest BCUT2D eigenvalue weighted by Crippen LogP contribution is -2.31. The lowest BCUT2D eigenvalue weighted by Gasteiger charge is -2.22. The van der Waals surface area contributed by atoms with Crippen LogP contribution >= 0.6 is 0 Å². The second-order valence-corrected chi connectivity index (χ2v) is 10.6. The third-order valence-corrected chi connectivity index (χ3v) is 6.92. The molecule has 37 heavy (non-hydrogen) atoms. The predicted octanol–water partition coefficient (Wildman–Crippen LogP) is 3.68. The molecule has 196 valence electrons. The molecular weight excluding hydrogens is 466 g/mol. The van der Waals surface area contributed by atoms with Gasteiger partial charge in [0.2, 0.25) is 11.9 Å². The van der Waals surface area contributed by atoms with Gasteiger partial charge in [0.1, 0.15) is 5.60 Å². The van der Waals surface area contributed by atoms with E-state index in [4.69, 9.17) is 9.97 Å². The van der Waals surface area contributed by atoms with Gasteiger partial charge in [-0.2, -0.15) is 24.7 Å². The predicted molar refractivity (Wildman–Crippen MR) is 145 cm³/mol. The molecule has 0 radical (unpaired) electrons. The summed E-state index contributed by atoms with van der Waals surface area (Å²) in [5.41, 5.74) is 3.50. The number of nitrogens with zero attached hydrogens (tertiary/aromatic N) is 6. The van der Waals surface area contributed by atoms with Crippen molar-refractivity contribution in [2.24, 2.45) is 5.92 Å². The van der Waals surface area contributed by atoms with Crippen molar-refractivity contribution in [3.63, 3.8) is 0 Å². The number of nitrogens with one attached hydrogen (secondary N) is 3. The molecule has 0 aliphatic carbocycles. The quantitative estimate of drug-likeness (QED) is 0.273. The molecule has 1 fully saturated rings. The Labute approximate surface area is 217 Å². The molecule has 3 aromatic heterocycles. The van der Waals surface area contributed by atoms with Crippen LogP contribution in [-0.2, 0) is 12.1 Å². The van der Waals surface area contributed by atoms with Crippen LogP contribution in [0, 0.1) is 5.92 Å². The maximum atomic E-state index is 10.3. The fourth-order valence-electron chi connectivity index (χ4n) is 4.66. The Hall–Kier alpha value is -3.50. The van der Waals surface area contributed by atoms with Crippen molar-refractivity contribution < 1.29 is 5.11 Å². The van der Waals surface area contributed by atoms with Crippen molar-refractivity contribution in [1.82, 2.24) is 34.7 Å². The van der Waals surface area contributed by atoms with Gasteiger partial charge >= 0.3 is 0 Å². The average Bonchev–Trinajstić information content (AvgIpc) is 3.55. The van der Waals surface area contributed by atoms with E-state index >= 15 is 0 Å². The second kappa shape index (κ2) is 10.5. The highest BCUT2D eigenvalue weighted by Gasteiger charge is 2.21.